The van der Waals surface area contributed by atoms with Gasteiger partial charge in [-0.15, -0.1) is 0 Å². The monoisotopic (exact) mass is 220 g/mol. The highest BCUT2D eigenvalue weighted by molar-refractivity contribution is 5.04. The van der Waals surface area contributed by atoms with Crippen molar-refractivity contribution in [2.45, 2.75) is 44.3 Å². The number of likely N-dealkylation sites (tertiary alicyclic amines) is 1. The highest BCUT2D eigenvalue weighted by Gasteiger charge is 2.28. The Morgan fingerprint density at radius 1 is 1.38 bits per heavy atom. The Bertz CT molecular complexity index is 356. The minimum absolute atomic E-state index is 0.586. The molecule has 88 valence electrons. The number of nitrogens with two attached hydrogens (primary N) is 1. The second-order valence-corrected chi connectivity index (χ2v) is 5.03. The molecule has 2 heterocycles. The van der Waals surface area contributed by atoms with Crippen LogP contribution in [0.3, 0.4) is 0 Å². The molecule has 1 aromatic heterocycles. The van der Waals surface area contributed by atoms with E-state index in [-0.39, 0.29) is 0 Å². The Morgan fingerprint density at radius 2 is 2.25 bits per heavy atom. The van der Waals surface area contributed by atoms with Crippen LogP contribution in [-0.4, -0.2) is 33.6 Å². The van der Waals surface area contributed by atoms with Crippen molar-refractivity contribution < 1.29 is 0 Å². The van der Waals surface area contributed by atoms with Gasteiger partial charge in [-0.3, -0.25) is 4.90 Å². The lowest BCUT2D eigenvalue weighted by atomic mass is 10.2. The summed E-state index contributed by atoms with van der Waals surface area (Å²) in [4.78, 5) is 6.79. The van der Waals surface area contributed by atoms with Gasteiger partial charge in [0.05, 0.1) is 12.0 Å². The van der Waals surface area contributed by atoms with Crippen LogP contribution in [-0.2, 0) is 6.54 Å². The summed E-state index contributed by atoms with van der Waals surface area (Å²) in [6.45, 7) is 3.01. The van der Waals surface area contributed by atoms with E-state index >= 15 is 0 Å². The van der Waals surface area contributed by atoms with E-state index in [0.717, 1.165) is 19.1 Å². The van der Waals surface area contributed by atoms with Gasteiger partial charge in [-0.2, -0.15) is 0 Å². The van der Waals surface area contributed by atoms with Crippen LogP contribution in [0.15, 0.2) is 12.5 Å². The second-order valence-electron chi connectivity index (χ2n) is 5.03. The summed E-state index contributed by atoms with van der Waals surface area (Å²) in [7, 11) is 0. The number of rotatable bonds is 4. The van der Waals surface area contributed by atoms with Crippen molar-refractivity contribution in [2.24, 2.45) is 5.73 Å². The number of imidazole rings is 1. The van der Waals surface area contributed by atoms with E-state index in [2.05, 4.69) is 14.5 Å². The molecule has 1 aromatic rings. The zero-order valence-corrected chi connectivity index (χ0v) is 9.68. The van der Waals surface area contributed by atoms with Crippen molar-refractivity contribution in [3.63, 3.8) is 0 Å². The fourth-order valence-electron chi connectivity index (χ4n) is 2.71. The number of hydrogen-bond donors (Lipinski definition) is 1. The molecule has 1 unspecified atom stereocenters. The molecular weight excluding hydrogens is 200 g/mol. The van der Waals surface area contributed by atoms with E-state index < -0.39 is 0 Å². The summed E-state index contributed by atoms with van der Waals surface area (Å²) in [6, 6.07) is 1.32. The predicted octanol–water partition coefficient (Wildman–Crippen LogP) is 1.14. The molecule has 0 spiro atoms. The first-order valence-corrected chi connectivity index (χ1v) is 6.33. The van der Waals surface area contributed by atoms with E-state index in [4.69, 9.17) is 5.73 Å². The maximum atomic E-state index is 5.80. The van der Waals surface area contributed by atoms with E-state index in [1.54, 1.807) is 0 Å². The van der Waals surface area contributed by atoms with Crippen LogP contribution >= 0.6 is 0 Å². The highest BCUT2D eigenvalue weighted by atomic mass is 15.2. The topological polar surface area (TPSA) is 47.1 Å². The lowest BCUT2D eigenvalue weighted by Gasteiger charge is -2.23. The first kappa shape index (κ1) is 10.3. The van der Waals surface area contributed by atoms with E-state index in [0.29, 0.717) is 6.04 Å². The van der Waals surface area contributed by atoms with Crippen LogP contribution in [0.25, 0.3) is 0 Å². The molecule has 4 heteroatoms. The molecule has 0 radical (unpaired) electrons. The summed E-state index contributed by atoms with van der Waals surface area (Å²) >= 11 is 0. The van der Waals surface area contributed by atoms with Crippen molar-refractivity contribution in [3.8, 4) is 0 Å². The molecule has 0 bridgehead atoms. The maximum absolute atomic E-state index is 5.80. The third-order valence-electron chi connectivity index (χ3n) is 3.82. The van der Waals surface area contributed by atoms with E-state index in [1.165, 1.54) is 37.9 Å². The fourth-order valence-corrected chi connectivity index (χ4v) is 2.71. The third-order valence-corrected chi connectivity index (χ3v) is 3.82. The van der Waals surface area contributed by atoms with Gasteiger partial charge in [-0.05, 0) is 32.2 Å². The second kappa shape index (κ2) is 4.18. The average Bonchev–Trinajstić information content (AvgIpc) is 2.88. The molecule has 1 atom stereocenters. The van der Waals surface area contributed by atoms with Gasteiger partial charge in [0.2, 0.25) is 0 Å². The van der Waals surface area contributed by atoms with E-state index in [9.17, 15) is 0 Å². The lowest BCUT2D eigenvalue weighted by Crippen LogP contribution is -2.35. The SMILES string of the molecule is NCC1CCCN1Cc1cncn1C1CC1. The van der Waals surface area contributed by atoms with Gasteiger partial charge < -0.3 is 10.3 Å². The molecule has 2 N–H and O–H groups in total. The van der Waals surface area contributed by atoms with Crippen molar-refractivity contribution >= 4 is 0 Å². The quantitative estimate of drug-likeness (QED) is 0.827. The zero-order chi connectivity index (χ0) is 11.0. The van der Waals surface area contributed by atoms with Crippen molar-refractivity contribution in [1.82, 2.24) is 14.5 Å². The Morgan fingerprint density at radius 3 is 3.00 bits per heavy atom. The smallest absolute Gasteiger partial charge is 0.0951 e. The Labute approximate surface area is 96.4 Å². The minimum Gasteiger partial charge on any atom is -0.330 e. The fraction of sp³-hybridized carbons (Fsp3) is 0.750. The van der Waals surface area contributed by atoms with Gasteiger partial charge in [0, 0.05) is 31.4 Å². The van der Waals surface area contributed by atoms with Crippen LogP contribution in [0, 0.1) is 0 Å². The van der Waals surface area contributed by atoms with Crippen molar-refractivity contribution in [2.75, 3.05) is 13.1 Å². The molecule has 1 aliphatic carbocycles. The first-order chi connectivity index (χ1) is 7.88. The van der Waals surface area contributed by atoms with Crippen LogP contribution in [0.2, 0.25) is 0 Å². The zero-order valence-electron chi connectivity index (χ0n) is 9.68. The Kier molecular flexibility index (Phi) is 2.69. The largest absolute Gasteiger partial charge is 0.330 e. The van der Waals surface area contributed by atoms with Gasteiger partial charge >= 0.3 is 0 Å². The first-order valence-electron chi connectivity index (χ1n) is 6.33. The average molecular weight is 220 g/mol. The summed E-state index contributed by atoms with van der Waals surface area (Å²) in [6.07, 6.45) is 9.20. The molecule has 2 fully saturated rings. The summed E-state index contributed by atoms with van der Waals surface area (Å²) < 4.78 is 2.35. The molecule has 2 aliphatic rings. The highest BCUT2D eigenvalue weighted by Crippen LogP contribution is 2.36. The minimum atomic E-state index is 0.586. The summed E-state index contributed by atoms with van der Waals surface area (Å²) in [5, 5.41) is 0. The van der Waals surface area contributed by atoms with Crippen LogP contribution in [0.5, 0.6) is 0 Å². The molecule has 1 saturated heterocycles. The molecular formula is C12H20N4. The maximum Gasteiger partial charge on any atom is 0.0951 e. The molecule has 3 rings (SSSR count). The van der Waals surface area contributed by atoms with E-state index in [1.807, 2.05) is 12.5 Å². The molecule has 0 amide bonds. The van der Waals surface area contributed by atoms with Gasteiger partial charge in [0.15, 0.2) is 0 Å². The standard InChI is InChI=1S/C12H20N4/c13-6-11-2-1-5-15(11)8-12-7-14-9-16(12)10-3-4-10/h7,9-11H,1-6,8,13H2. The molecule has 1 saturated carbocycles. The summed E-state index contributed by atoms with van der Waals surface area (Å²) in [5.41, 5.74) is 7.16. The normalized spacial score (nSPS) is 26.4. The van der Waals surface area contributed by atoms with Gasteiger partial charge in [0.1, 0.15) is 0 Å². The number of aromatic nitrogens is 2. The van der Waals surface area contributed by atoms with Crippen LogP contribution < -0.4 is 5.73 Å². The number of nitrogens with zero attached hydrogens (tertiary/aromatic N) is 3. The summed E-state index contributed by atoms with van der Waals surface area (Å²) in [5.74, 6) is 0. The lowest BCUT2D eigenvalue weighted by molar-refractivity contribution is 0.244. The van der Waals surface area contributed by atoms with Crippen molar-refractivity contribution in [3.05, 3.63) is 18.2 Å². The van der Waals surface area contributed by atoms with Gasteiger partial charge in [-0.25, -0.2) is 4.98 Å². The molecule has 0 aromatic carbocycles. The molecule has 1 aliphatic heterocycles. The predicted molar refractivity (Wildman–Crippen MR) is 63.0 cm³/mol. The van der Waals surface area contributed by atoms with Crippen LogP contribution in [0.4, 0.5) is 0 Å². The third kappa shape index (κ3) is 1.87. The van der Waals surface area contributed by atoms with Gasteiger partial charge in [-0.1, -0.05) is 0 Å². The molecule has 4 nitrogen and oxygen atoms in total. The van der Waals surface area contributed by atoms with Crippen molar-refractivity contribution in [1.29, 1.82) is 0 Å². The Balaban J connectivity index is 1.70. The number of hydrogen-bond acceptors (Lipinski definition) is 3. The Hall–Kier alpha value is -0.870. The molecule has 16 heavy (non-hydrogen) atoms. The van der Waals surface area contributed by atoms with Gasteiger partial charge in [0.25, 0.3) is 0 Å². The van der Waals surface area contributed by atoms with Crippen LogP contribution in [0.1, 0.15) is 37.4 Å².